The Kier molecular flexibility index (Phi) is 3.73. The second-order valence-electron chi connectivity index (χ2n) is 5.37. The van der Waals surface area contributed by atoms with Crippen molar-refractivity contribution in [3.63, 3.8) is 0 Å². The Morgan fingerprint density at radius 3 is 2.67 bits per heavy atom. The van der Waals surface area contributed by atoms with E-state index in [0.29, 0.717) is 0 Å². The summed E-state index contributed by atoms with van der Waals surface area (Å²) >= 11 is 0. The lowest BCUT2D eigenvalue weighted by Crippen LogP contribution is -2.47. The van der Waals surface area contributed by atoms with Crippen molar-refractivity contribution < 1.29 is 31.8 Å². The van der Waals surface area contributed by atoms with Crippen LogP contribution in [-0.4, -0.2) is 19.1 Å². The van der Waals surface area contributed by atoms with Crippen molar-refractivity contribution in [2.45, 2.75) is 26.3 Å². The van der Waals surface area contributed by atoms with E-state index in [1.54, 1.807) is 13.8 Å². The lowest BCUT2D eigenvalue weighted by atomic mass is 9.80. The molecule has 0 aliphatic carbocycles. The van der Waals surface area contributed by atoms with Gasteiger partial charge in [-0.3, -0.25) is 0 Å². The van der Waals surface area contributed by atoms with Gasteiger partial charge in [-0.05, 0) is 18.2 Å². The molecule has 1 fully saturated rings. The van der Waals surface area contributed by atoms with Gasteiger partial charge in [0.1, 0.15) is 18.2 Å². The number of amides is 1. The fraction of sp³-hybridized carbons (Fsp3) is 0.462. The summed E-state index contributed by atoms with van der Waals surface area (Å²) in [5.74, 6) is -1.28. The van der Waals surface area contributed by atoms with Gasteiger partial charge in [0, 0.05) is 11.0 Å². The molecule has 1 amide bonds. The normalized spacial score (nSPS) is 21.4. The number of alkyl carbamates (subject to hydrolysis) is 1. The van der Waals surface area contributed by atoms with E-state index >= 15 is 0 Å². The number of rotatable bonds is 2. The number of halogens is 4. The average Bonchev–Trinajstić information content (AvgIpc) is 2.33. The molecule has 4 nitrogen and oxygen atoms in total. The third-order valence-corrected chi connectivity index (χ3v) is 3.13. The second kappa shape index (κ2) is 5.09. The molecule has 0 unspecified atom stereocenters. The molecule has 1 aromatic rings. The number of benzene rings is 1. The summed E-state index contributed by atoms with van der Waals surface area (Å²) in [5.41, 5.74) is -0.774. The maximum absolute atomic E-state index is 13.9. The minimum Gasteiger partial charge on any atom is -0.449 e. The molecule has 0 radical (unpaired) electrons. The molecule has 1 aliphatic rings. The molecule has 8 heteroatoms. The van der Waals surface area contributed by atoms with Gasteiger partial charge >= 0.3 is 12.5 Å². The maximum atomic E-state index is 13.9. The summed E-state index contributed by atoms with van der Waals surface area (Å²) in [6.07, 6.45) is -5.62. The molecule has 2 rings (SSSR count). The number of nitrogens with one attached hydrogen (secondary N) is 1. The zero-order valence-corrected chi connectivity index (χ0v) is 11.3. The van der Waals surface area contributed by atoms with Crippen LogP contribution in [0.15, 0.2) is 18.2 Å². The fourth-order valence-corrected chi connectivity index (χ4v) is 2.13. The summed E-state index contributed by atoms with van der Waals surface area (Å²) in [5, 5.41) is 2.42. The number of carbonyl (C=O) groups excluding carboxylic acids is 1. The summed E-state index contributed by atoms with van der Waals surface area (Å²) in [6, 6.07) is 1.85. The first-order valence-corrected chi connectivity index (χ1v) is 6.07. The Morgan fingerprint density at radius 2 is 2.05 bits per heavy atom. The van der Waals surface area contributed by atoms with Gasteiger partial charge in [0.15, 0.2) is 0 Å². The monoisotopic (exact) mass is 307 g/mol. The van der Waals surface area contributed by atoms with Crippen molar-refractivity contribution in [3.05, 3.63) is 29.6 Å². The minimum absolute atomic E-state index is 0.0211. The van der Waals surface area contributed by atoms with Gasteiger partial charge in [0.05, 0.1) is 6.04 Å². The quantitative estimate of drug-likeness (QED) is 0.850. The zero-order valence-electron chi connectivity index (χ0n) is 11.3. The highest BCUT2D eigenvalue weighted by Gasteiger charge is 2.40. The Morgan fingerprint density at radius 1 is 1.38 bits per heavy atom. The van der Waals surface area contributed by atoms with Crippen LogP contribution in [0.4, 0.5) is 22.4 Å². The number of alkyl halides is 3. The van der Waals surface area contributed by atoms with E-state index in [1.165, 1.54) is 0 Å². The molecule has 1 atom stereocenters. The van der Waals surface area contributed by atoms with Crippen molar-refractivity contribution in [2.24, 2.45) is 5.41 Å². The summed E-state index contributed by atoms with van der Waals surface area (Å²) in [7, 11) is 0. The maximum Gasteiger partial charge on any atom is 0.573 e. The molecule has 1 N–H and O–H groups in total. The number of cyclic esters (lactones) is 1. The number of hydrogen-bond donors (Lipinski definition) is 1. The molecule has 0 spiro atoms. The van der Waals surface area contributed by atoms with Crippen molar-refractivity contribution in [1.29, 1.82) is 0 Å². The van der Waals surface area contributed by atoms with Crippen LogP contribution in [0.1, 0.15) is 25.5 Å². The van der Waals surface area contributed by atoms with Crippen LogP contribution < -0.4 is 10.1 Å². The standard InChI is InChI=1S/C13H13F4NO3/c1-12(2)6-20-11(19)18-10(12)8-5-7(3-4-9(8)14)21-13(15,16)17/h3-5,10H,6H2,1-2H3,(H,18,19)/t10-/m0/s1. The number of hydrogen-bond acceptors (Lipinski definition) is 3. The van der Waals surface area contributed by atoms with Crippen LogP contribution in [0.5, 0.6) is 5.75 Å². The molecule has 1 heterocycles. The molecule has 0 bridgehead atoms. The van der Waals surface area contributed by atoms with Crippen LogP contribution in [0.25, 0.3) is 0 Å². The topological polar surface area (TPSA) is 47.6 Å². The third-order valence-electron chi connectivity index (χ3n) is 3.13. The zero-order chi connectivity index (χ0) is 15.8. The highest BCUT2D eigenvalue weighted by atomic mass is 19.4. The van der Waals surface area contributed by atoms with E-state index in [-0.39, 0.29) is 12.2 Å². The van der Waals surface area contributed by atoms with Gasteiger partial charge in [0.25, 0.3) is 0 Å². The third kappa shape index (κ3) is 3.56. The summed E-state index contributed by atoms with van der Waals surface area (Å²) < 4.78 is 59.2. The molecule has 1 aromatic carbocycles. The Labute approximate surface area is 118 Å². The second-order valence-corrected chi connectivity index (χ2v) is 5.37. The first kappa shape index (κ1) is 15.4. The average molecular weight is 307 g/mol. The molecular formula is C13H13F4NO3. The van der Waals surface area contributed by atoms with Gasteiger partial charge in [0.2, 0.25) is 0 Å². The molecule has 21 heavy (non-hydrogen) atoms. The highest BCUT2D eigenvalue weighted by Crippen LogP contribution is 2.39. The molecule has 0 saturated carbocycles. The molecule has 116 valence electrons. The molecular weight excluding hydrogens is 294 g/mol. The SMILES string of the molecule is CC1(C)COC(=O)N[C@H]1c1cc(OC(F)(F)F)ccc1F. The number of carbonyl (C=O) groups is 1. The van der Waals surface area contributed by atoms with Crippen LogP contribution >= 0.6 is 0 Å². The Bertz CT molecular complexity index is 557. The number of ether oxygens (including phenoxy) is 2. The lowest BCUT2D eigenvalue weighted by Gasteiger charge is -2.38. The lowest BCUT2D eigenvalue weighted by molar-refractivity contribution is -0.274. The molecule has 1 aliphatic heterocycles. The van der Waals surface area contributed by atoms with Crippen LogP contribution in [0.3, 0.4) is 0 Å². The van der Waals surface area contributed by atoms with E-state index in [0.717, 1.165) is 18.2 Å². The smallest absolute Gasteiger partial charge is 0.449 e. The van der Waals surface area contributed by atoms with Crippen molar-refractivity contribution >= 4 is 6.09 Å². The molecule has 1 saturated heterocycles. The van der Waals surface area contributed by atoms with Crippen molar-refractivity contribution in [2.75, 3.05) is 6.61 Å². The minimum atomic E-state index is -4.87. The van der Waals surface area contributed by atoms with Gasteiger partial charge in [-0.1, -0.05) is 13.8 Å². The van der Waals surface area contributed by atoms with Crippen LogP contribution in [-0.2, 0) is 4.74 Å². The van der Waals surface area contributed by atoms with E-state index in [2.05, 4.69) is 10.1 Å². The van der Waals surface area contributed by atoms with Crippen LogP contribution in [0, 0.1) is 11.2 Å². The first-order valence-electron chi connectivity index (χ1n) is 6.07. The highest BCUT2D eigenvalue weighted by molar-refractivity contribution is 5.69. The van der Waals surface area contributed by atoms with Crippen LogP contribution in [0.2, 0.25) is 0 Å². The predicted molar refractivity (Wildman–Crippen MR) is 64.1 cm³/mol. The van der Waals surface area contributed by atoms with Gasteiger partial charge in [-0.2, -0.15) is 0 Å². The Balaban J connectivity index is 2.37. The van der Waals surface area contributed by atoms with Crippen molar-refractivity contribution in [1.82, 2.24) is 5.32 Å². The van der Waals surface area contributed by atoms with E-state index in [4.69, 9.17) is 4.74 Å². The van der Waals surface area contributed by atoms with Gasteiger partial charge in [-0.25, -0.2) is 9.18 Å². The molecule has 0 aromatic heterocycles. The predicted octanol–water partition coefficient (Wildman–Crippen LogP) is 3.53. The van der Waals surface area contributed by atoms with Crippen molar-refractivity contribution in [3.8, 4) is 5.75 Å². The van der Waals surface area contributed by atoms with Gasteiger partial charge in [-0.15, -0.1) is 13.2 Å². The Hall–Kier alpha value is -1.99. The largest absolute Gasteiger partial charge is 0.573 e. The summed E-state index contributed by atoms with van der Waals surface area (Å²) in [4.78, 5) is 11.3. The fourth-order valence-electron chi connectivity index (χ4n) is 2.13. The van der Waals surface area contributed by atoms with Gasteiger partial charge < -0.3 is 14.8 Å². The van der Waals surface area contributed by atoms with E-state index in [9.17, 15) is 22.4 Å². The summed E-state index contributed by atoms with van der Waals surface area (Å²) in [6.45, 7) is 3.43. The first-order chi connectivity index (χ1) is 9.58. The van der Waals surface area contributed by atoms with E-state index < -0.39 is 35.5 Å². The van der Waals surface area contributed by atoms with E-state index in [1.807, 2.05) is 0 Å².